The number of carbonyl (C=O) groups excluding carboxylic acids is 1. The number of ether oxygens (including phenoxy) is 1. The Balaban J connectivity index is 1.11. The number of aromatic amines is 1. The van der Waals surface area contributed by atoms with Crippen LogP contribution < -0.4 is 9.64 Å². The lowest BCUT2D eigenvalue weighted by Gasteiger charge is -2.61. The lowest BCUT2D eigenvalue weighted by Crippen LogP contribution is -2.52. The van der Waals surface area contributed by atoms with Gasteiger partial charge >= 0.3 is 6.01 Å². The van der Waals surface area contributed by atoms with Crippen LogP contribution in [-0.2, 0) is 0 Å². The lowest BCUT2D eigenvalue weighted by atomic mass is 9.43. The molecule has 4 saturated carbocycles. The summed E-state index contributed by atoms with van der Waals surface area (Å²) in [7, 11) is 0. The summed E-state index contributed by atoms with van der Waals surface area (Å²) in [6.45, 7) is 1.05. The number of fused-ring (bicyclic) bond motifs is 1. The number of nitrogens with one attached hydrogen (secondary N) is 1. The van der Waals surface area contributed by atoms with Crippen molar-refractivity contribution in [3.8, 4) is 12.1 Å². The second-order valence-electron chi connectivity index (χ2n) is 11.4. The summed E-state index contributed by atoms with van der Waals surface area (Å²) in [5.41, 5.74) is 1.85. The van der Waals surface area contributed by atoms with Gasteiger partial charge in [0.1, 0.15) is 17.7 Å². The molecule has 4 heterocycles. The zero-order chi connectivity index (χ0) is 25.1. The Hall–Kier alpha value is -3.61. The molecule has 3 aromatic rings. The number of carbonyl (C=O) groups is 1. The summed E-state index contributed by atoms with van der Waals surface area (Å²) < 4.78 is 21.4. The van der Waals surface area contributed by atoms with Gasteiger partial charge in [0.2, 0.25) is 0 Å². The molecule has 0 radical (unpaired) electrons. The molecule has 0 amide bonds. The van der Waals surface area contributed by atoms with Crippen molar-refractivity contribution in [1.29, 1.82) is 5.26 Å². The number of nitrogens with zero attached hydrogens (tertiary/aromatic N) is 6. The molecule has 8 rings (SSSR count). The first kappa shape index (κ1) is 22.6. The quantitative estimate of drug-likeness (QED) is 0.460. The molecule has 0 unspecified atom stereocenters. The Bertz CT molecular complexity index is 1400. The highest BCUT2D eigenvalue weighted by molar-refractivity contribution is 5.95. The lowest BCUT2D eigenvalue weighted by molar-refractivity contribution is -0.103. The number of rotatable bonds is 8. The van der Waals surface area contributed by atoms with E-state index in [9.17, 15) is 4.79 Å². The molecule has 0 aromatic carbocycles. The number of Topliss-reactive ketones (excluding diaryl/α,β-unsaturated/α-hetero) is 1. The van der Waals surface area contributed by atoms with Crippen LogP contribution in [0, 0.1) is 34.5 Å². The molecule has 2 bridgehead atoms. The van der Waals surface area contributed by atoms with E-state index in [-0.39, 0.29) is 41.5 Å². The van der Waals surface area contributed by atoms with Crippen molar-refractivity contribution in [1.82, 2.24) is 25.1 Å². The number of nitriles is 1. The normalized spacial score (nSPS) is 31.8. The van der Waals surface area contributed by atoms with Crippen molar-refractivity contribution >= 4 is 22.6 Å². The molecule has 5 aliphatic rings. The molecule has 10 heteroatoms. The summed E-state index contributed by atoms with van der Waals surface area (Å²) in [4.78, 5) is 28.3. The summed E-state index contributed by atoms with van der Waals surface area (Å²) >= 11 is 0. The van der Waals surface area contributed by atoms with Crippen molar-refractivity contribution in [3.63, 3.8) is 0 Å². The van der Waals surface area contributed by atoms with Crippen molar-refractivity contribution in [3.05, 3.63) is 35.8 Å². The van der Waals surface area contributed by atoms with Gasteiger partial charge in [0, 0.05) is 42.5 Å². The number of aromatic nitrogens is 5. The van der Waals surface area contributed by atoms with Gasteiger partial charge in [0.05, 0.1) is 30.8 Å². The summed E-state index contributed by atoms with van der Waals surface area (Å²) in [5, 5.41) is 17.2. The summed E-state index contributed by atoms with van der Waals surface area (Å²) in [6, 6.07) is 7.82. The molecule has 190 valence electrons. The van der Waals surface area contributed by atoms with Crippen LogP contribution in [0.3, 0.4) is 0 Å². The standard InChI is InChI=1S/C27H28FN7O2/c28-20-13-35(5-3-18(20)24-19-2-1-4-30-25(19)34-33-24)23-7-21(22(36)11-27-8-15(9-27)10-27)31-26(32-23)37-14-17-6-16(17)12-29/h1-2,4,7,15-18,20H,3,5-6,8-11,13-14H2,(H,30,33,34)/t15?,16-,17+,18-,20+,27?/m0/s1. The van der Waals surface area contributed by atoms with Crippen LogP contribution in [0.1, 0.15) is 60.6 Å². The van der Waals surface area contributed by atoms with Gasteiger partial charge in [-0.25, -0.2) is 9.37 Å². The van der Waals surface area contributed by atoms with Crippen LogP contribution >= 0.6 is 0 Å². The Morgan fingerprint density at radius 1 is 1.32 bits per heavy atom. The molecule has 4 aliphatic carbocycles. The summed E-state index contributed by atoms with van der Waals surface area (Å²) in [5.74, 6) is 1.15. The maximum absolute atomic E-state index is 15.6. The average Bonchev–Trinajstić information content (AvgIpc) is 3.51. The number of anilines is 1. The van der Waals surface area contributed by atoms with Crippen LogP contribution in [0.25, 0.3) is 11.0 Å². The van der Waals surface area contributed by atoms with Crippen LogP contribution in [0.5, 0.6) is 6.01 Å². The average molecular weight is 502 g/mol. The number of piperidine rings is 1. The van der Waals surface area contributed by atoms with E-state index in [2.05, 4.69) is 31.2 Å². The maximum Gasteiger partial charge on any atom is 0.319 e. The van der Waals surface area contributed by atoms with Crippen molar-refractivity contribution < 1.29 is 13.9 Å². The number of hydrogen-bond acceptors (Lipinski definition) is 8. The fourth-order valence-electron chi connectivity index (χ4n) is 6.45. The largest absolute Gasteiger partial charge is 0.463 e. The molecule has 37 heavy (non-hydrogen) atoms. The van der Waals surface area contributed by atoms with Gasteiger partial charge in [-0.2, -0.15) is 20.3 Å². The highest BCUT2D eigenvalue weighted by atomic mass is 19.1. The zero-order valence-corrected chi connectivity index (χ0v) is 20.4. The second-order valence-corrected chi connectivity index (χ2v) is 11.4. The molecule has 1 N–H and O–H groups in total. The Morgan fingerprint density at radius 2 is 2.19 bits per heavy atom. The molecule has 3 aromatic heterocycles. The highest BCUT2D eigenvalue weighted by Crippen LogP contribution is 2.66. The molecule has 1 aliphatic heterocycles. The number of ketones is 1. The minimum atomic E-state index is -1.15. The van der Waals surface area contributed by atoms with E-state index in [0.29, 0.717) is 43.2 Å². The van der Waals surface area contributed by atoms with E-state index in [1.165, 1.54) is 0 Å². The van der Waals surface area contributed by atoms with Gasteiger partial charge in [-0.1, -0.05) is 0 Å². The monoisotopic (exact) mass is 501 g/mol. The van der Waals surface area contributed by atoms with Crippen molar-refractivity contribution in [2.45, 2.75) is 50.6 Å². The Kier molecular flexibility index (Phi) is 5.17. The van der Waals surface area contributed by atoms with Gasteiger partial charge in [-0.15, -0.1) is 0 Å². The van der Waals surface area contributed by atoms with Crippen LogP contribution in [0.2, 0.25) is 0 Å². The van der Waals surface area contributed by atoms with E-state index < -0.39 is 6.17 Å². The number of alkyl halides is 1. The summed E-state index contributed by atoms with van der Waals surface area (Å²) in [6.07, 6.45) is 5.78. The SMILES string of the molecule is N#C[C@@H]1C[C@@H]1COc1nc(C(=O)CC23CC(C2)C3)cc(N2CC[C@H](c3[nH]nc4ncccc34)[C@H](F)C2)n1. The van der Waals surface area contributed by atoms with Crippen molar-refractivity contribution in [2.24, 2.45) is 23.2 Å². The smallest absolute Gasteiger partial charge is 0.319 e. The number of pyridine rings is 1. The number of halogens is 1. The molecule has 5 fully saturated rings. The van der Waals surface area contributed by atoms with Crippen LogP contribution in [-0.4, -0.2) is 56.8 Å². The van der Waals surface area contributed by atoms with E-state index in [1.54, 1.807) is 12.3 Å². The van der Waals surface area contributed by atoms with E-state index in [1.807, 2.05) is 17.0 Å². The maximum atomic E-state index is 15.6. The number of hydrogen-bond donors (Lipinski definition) is 1. The van der Waals surface area contributed by atoms with E-state index in [4.69, 9.17) is 10.00 Å². The van der Waals surface area contributed by atoms with Gasteiger partial charge in [-0.3, -0.25) is 9.89 Å². The third-order valence-corrected chi connectivity index (χ3v) is 8.79. The Labute approximate surface area is 213 Å². The second kappa shape index (κ2) is 8.47. The topological polar surface area (TPSA) is 121 Å². The van der Waals surface area contributed by atoms with Gasteiger partial charge in [0.25, 0.3) is 0 Å². The van der Waals surface area contributed by atoms with E-state index in [0.717, 1.165) is 42.7 Å². The number of H-pyrrole nitrogens is 1. The minimum absolute atomic E-state index is 0.00362. The fourth-order valence-corrected chi connectivity index (χ4v) is 6.45. The minimum Gasteiger partial charge on any atom is -0.463 e. The first-order valence-electron chi connectivity index (χ1n) is 13.1. The van der Waals surface area contributed by atoms with Crippen molar-refractivity contribution in [2.75, 3.05) is 24.6 Å². The third kappa shape index (κ3) is 4.01. The molecular formula is C27H28FN7O2. The zero-order valence-electron chi connectivity index (χ0n) is 20.4. The molecule has 4 atom stereocenters. The van der Waals surface area contributed by atoms with Gasteiger partial charge < -0.3 is 9.64 Å². The Morgan fingerprint density at radius 3 is 2.92 bits per heavy atom. The molecule has 0 spiro atoms. The molecular weight excluding hydrogens is 473 g/mol. The van der Waals surface area contributed by atoms with Crippen LogP contribution in [0.15, 0.2) is 24.4 Å². The predicted molar refractivity (Wildman–Crippen MR) is 132 cm³/mol. The van der Waals surface area contributed by atoms with Gasteiger partial charge in [-0.05, 0) is 55.6 Å². The van der Waals surface area contributed by atoms with Crippen LogP contribution in [0.4, 0.5) is 10.2 Å². The first-order chi connectivity index (χ1) is 18.0. The first-order valence-corrected chi connectivity index (χ1v) is 13.1. The highest BCUT2D eigenvalue weighted by Gasteiger charge is 2.57. The molecule has 9 nitrogen and oxygen atoms in total. The van der Waals surface area contributed by atoms with Gasteiger partial charge in [0.15, 0.2) is 11.4 Å². The van der Waals surface area contributed by atoms with E-state index >= 15 is 4.39 Å². The molecule has 1 saturated heterocycles. The fraction of sp³-hybridized carbons (Fsp3) is 0.556. The predicted octanol–water partition coefficient (Wildman–Crippen LogP) is 3.99. The third-order valence-electron chi connectivity index (χ3n) is 8.79.